The number of rotatable bonds is 4. The van der Waals surface area contributed by atoms with Crippen molar-refractivity contribution >= 4 is 0 Å². The average Bonchev–Trinajstić information content (AvgIpc) is 3.08. The van der Waals surface area contributed by atoms with E-state index in [0.717, 1.165) is 23.4 Å². The Balaban J connectivity index is 1.84. The topological polar surface area (TPSA) is 82.5 Å². The Hall–Kier alpha value is -2.57. The van der Waals surface area contributed by atoms with Crippen LogP contribution in [-0.2, 0) is 13.0 Å². The minimum atomic E-state index is 0.384. The molecule has 0 bridgehead atoms. The number of hydrogen-bond acceptors (Lipinski definition) is 6. The smallest absolute Gasteiger partial charge is 0.248 e. The van der Waals surface area contributed by atoms with Gasteiger partial charge in [-0.2, -0.15) is 4.98 Å². The molecule has 20 heavy (non-hydrogen) atoms. The first-order chi connectivity index (χ1) is 9.76. The Bertz CT molecular complexity index is 717. The molecule has 0 spiro atoms. The van der Waals surface area contributed by atoms with Crippen LogP contribution in [0.2, 0.25) is 0 Å². The van der Waals surface area contributed by atoms with Gasteiger partial charge in [-0.15, -0.1) is 5.10 Å². The lowest BCUT2D eigenvalue weighted by Crippen LogP contribution is -2.06. The molecule has 0 aliphatic carbocycles. The molecule has 2 heterocycles. The Morgan fingerprint density at radius 3 is 3.00 bits per heavy atom. The maximum absolute atomic E-state index is 5.25. The molecule has 0 saturated carbocycles. The highest BCUT2D eigenvalue weighted by molar-refractivity contribution is 5.55. The first kappa shape index (κ1) is 12.5. The summed E-state index contributed by atoms with van der Waals surface area (Å²) in [6, 6.07) is 7.97. The van der Waals surface area contributed by atoms with Crippen LogP contribution in [0.1, 0.15) is 24.2 Å². The standard InChI is InChI=1S/C13H14N6O/c1-3-11-15-17-18-19(11)8-12-14-13(16-20-12)10-6-4-5-9(2)7-10/h4-7H,3,8H2,1-2H3. The molecule has 0 aliphatic rings. The third-order valence-corrected chi connectivity index (χ3v) is 2.95. The fraction of sp³-hybridized carbons (Fsp3) is 0.308. The zero-order chi connectivity index (χ0) is 13.9. The fourth-order valence-corrected chi connectivity index (χ4v) is 1.95. The molecule has 3 aromatic rings. The van der Waals surface area contributed by atoms with Gasteiger partial charge in [-0.3, -0.25) is 0 Å². The van der Waals surface area contributed by atoms with Crippen molar-refractivity contribution in [1.82, 2.24) is 30.3 Å². The van der Waals surface area contributed by atoms with Crippen molar-refractivity contribution in [1.29, 1.82) is 0 Å². The van der Waals surface area contributed by atoms with Crippen LogP contribution in [0.4, 0.5) is 0 Å². The summed E-state index contributed by atoms with van der Waals surface area (Å²) in [4.78, 5) is 4.38. The van der Waals surface area contributed by atoms with Gasteiger partial charge in [-0.1, -0.05) is 35.8 Å². The third kappa shape index (κ3) is 2.42. The number of hydrogen-bond donors (Lipinski definition) is 0. The van der Waals surface area contributed by atoms with Crippen LogP contribution in [-0.4, -0.2) is 30.3 Å². The maximum Gasteiger partial charge on any atom is 0.248 e. The second-order valence-corrected chi connectivity index (χ2v) is 4.49. The summed E-state index contributed by atoms with van der Waals surface area (Å²) < 4.78 is 6.91. The van der Waals surface area contributed by atoms with Crippen molar-refractivity contribution in [2.45, 2.75) is 26.8 Å². The van der Waals surface area contributed by atoms with Gasteiger partial charge in [0.2, 0.25) is 11.7 Å². The van der Waals surface area contributed by atoms with Gasteiger partial charge in [0.15, 0.2) is 5.82 Å². The molecule has 0 amide bonds. The molecule has 7 heteroatoms. The zero-order valence-corrected chi connectivity index (χ0v) is 11.3. The molecule has 102 valence electrons. The Morgan fingerprint density at radius 2 is 2.20 bits per heavy atom. The van der Waals surface area contributed by atoms with Gasteiger partial charge in [-0.25, -0.2) is 4.68 Å². The van der Waals surface area contributed by atoms with Crippen molar-refractivity contribution in [2.75, 3.05) is 0 Å². The normalized spacial score (nSPS) is 10.9. The van der Waals surface area contributed by atoms with Crippen molar-refractivity contribution in [2.24, 2.45) is 0 Å². The average molecular weight is 270 g/mol. The molecular weight excluding hydrogens is 256 g/mol. The van der Waals surface area contributed by atoms with Crippen molar-refractivity contribution < 1.29 is 4.52 Å². The number of aromatic nitrogens is 6. The number of nitrogens with zero attached hydrogens (tertiary/aromatic N) is 6. The van der Waals surface area contributed by atoms with E-state index in [1.54, 1.807) is 4.68 Å². The molecule has 0 fully saturated rings. The fourth-order valence-electron chi connectivity index (χ4n) is 1.95. The van der Waals surface area contributed by atoms with E-state index in [4.69, 9.17) is 4.52 Å². The van der Waals surface area contributed by atoms with E-state index in [1.807, 2.05) is 38.1 Å². The molecule has 2 aromatic heterocycles. The summed E-state index contributed by atoms with van der Waals surface area (Å²) in [6.07, 6.45) is 0.756. The van der Waals surface area contributed by atoms with E-state index in [1.165, 1.54) is 0 Å². The van der Waals surface area contributed by atoms with Gasteiger partial charge in [0.1, 0.15) is 6.54 Å². The summed E-state index contributed by atoms with van der Waals surface area (Å²) in [5, 5.41) is 15.5. The highest BCUT2D eigenvalue weighted by Gasteiger charge is 2.12. The van der Waals surface area contributed by atoms with Crippen LogP contribution < -0.4 is 0 Å². The predicted octanol–water partition coefficient (Wildman–Crippen LogP) is 1.64. The highest BCUT2D eigenvalue weighted by Crippen LogP contribution is 2.17. The minimum absolute atomic E-state index is 0.384. The van der Waals surface area contributed by atoms with Crippen molar-refractivity contribution in [3.8, 4) is 11.4 Å². The largest absolute Gasteiger partial charge is 0.337 e. The highest BCUT2D eigenvalue weighted by atomic mass is 16.5. The summed E-state index contributed by atoms with van der Waals surface area (Å²) in [5.74, 6) is 1.86. The lowest BCUT2D eigenvalue weighted by Gasteiger charge is -1.97. The van der Waals surface area contributed by atoms with Gasteiger partial charge >= 0.3 is 0 Å². The number of aryl methyl sites for hydroxylation is 2. The van der Waals surface area contributed by atoms with E-state index in [2.05, 4.69) is 25.7 Å². The molecule has 0 atom stereocenters. The maximum atomic E-state index is 5.25. The van der Waals surface area contributed by atoms with Gasteiger partial charge in [-0.05, 0) is 23.4 Å². The Labute approximate surface area is 115 Å². The predicted molar refractivity (Wildman–Crippen MR) is 70.8 cm³/mol. The Morgan fingerprint density at radius 1 is 1.30 bits per heavy atom. The molecular formula is C13H14N6O. The quantitative estimate of drug-likeness (QED) is 0.716. The van der Waals surface area contributed by atoms with Crippen LogP contribution in [0.15, 0.2) is 28.8 Å². The molecule has 0 aliphatic heterocycles. The monoisotopic (exact) mass is 270 g/mol. The molecule has 0 unspecified atom stereocenters. The third-order valence-electron chi connectivity index (χ3n) is 2.95. The van der Waals surface area contributed by atoms with Gasteiger partial charge in [0.05, 0.1) is 0 Å². The molecule has 0 N–H and O–H groups in total. The van der Waals surface area contributed by atoms with Crippen molar-refractivity contribution in [3.05, 3.63) is 41.5 Å². The van der Waals surface area contributed by atoms with E-state index in [0.29, 0.717) is 18.3 Å². The first-order valence-corrected chi connectivity index (χ1v) is 6.41. The van der Waals surface area contributed by atoms with Crippen LogP contribution in [0.25, 0.3) is 11.4 Å². The van der Waals surface area contributed by atoms with Crippen LogP contribution >= 0.6 is 0 Å². The lowest BCUT2D eigenvalue weighted by molar-refractivity contribution is 0.362. The van der Waals surface area contributed by atoms with E-state index < -0.39 is 0 Å². The summed E-state index contributed by atoms with van der Waals surface area (Å²) in [5.41, 5.74) is 2.09. The van der Waals surface area contributed by atoms with Gasteiger partial charge in [0.25, 0.3) is 0 Å². The van der Waals surface area contributed by atoms with E-state index in [-0.39, 0.29) is 0 Å². The molecule has 3 rings (SSSR count). The van der Waals surface area contributed by atoms with Crippen molar-refractivity contribution in [3.63, 3.8) is 0 Å². The molecule has 0 radical (unpaired) electrons. The van der Waals surface area contributed by atoms with Gasteiger partial charge in [0, 0.05) is 12.0 Å². The minimum Gasteiger partial charge on any atom is -0.337 e. The second-order valence-electron chi connectivity index (χ2n) is 4.49. The zero-order valence-electron chi connectivity index (χ0n) is 11.3. The SMILES string of the molecule is CCc1nnnn1Cc1nc(-c2cccc(C)c2)no1. The summed E-state index contributed by atoms with van der Waals surface area (Å²) in [7, 11) is 0. The van der Waals surface area contributed by atoms with E-state index in [9.17, 15) is 0 Å². The molecule has 7 nitrogen and oxygen atoms in total. The van der Waals surface area contributed by atoms with Crippen LogP contribution in [0.3, 0.4) is 0 Å². The second kappa shape index (κ2) is 5.20. The van der Waals surface area contributed by atoms with Crippen LogP contribution in [0, 0.1) is 6.92 Å². The summed E-state index contributed by atoms with van der Waals surface area (Å²) >= 11 is 0. The summed E-state index contributed by atoms with van der Waals surface area (Å²) in [6.45, 7) is 4.41. The first-order valence-electron chi connectivity index (χ1n) is 6.41. The van der Waals surface area contributed by atoms with Crippen LogP contribution in [0.5, 0.6) is 0 Å². The molecule has 1 aromatic carbocycles. The Kier molecular flexibility index (Phi) is 3.24. The molecule has 0 saturated heterocycles. The van der Waals surface area contributed by atoms with Gasteiger partial charge < -0.3 is 4.52 Å². The van der Waals surface area contributed by atoms with E-state index >= 15 is 0 Å². The lowest BCUT2D eigenvalue weighted by atomic mass is 10.1. The number of tetrazole rings is 1. The number of benzene rings is 1.